The number of amides is 1. The molecule has 4 aromatic rings. The number of hydrogen-bond acceptors (Lipinski definition) is 7. The van der Waals surface area contributed by atoms with E-state index in [1.54, 1.807) is 27.7 Å². The molecule has 1 atom stereocenters. The van der Waals surface area contributed by atoms with Crippen molar-refractivity contribution in [3.63, 3.8) is 0 Å². The lowest BCUT2D eigenvalue weighted by molar-refractivity contribution is -0.160. The van der Waals surface area contributed by atoms with Crippen LogP contribution in [0.25, 0.3) is 16.9 Å². The standard InChI is InChI=1S/C32H34F2N4O6/c1-16-20-8-7-11-43-28(20)22(34)13-21(16)27-26(29(31(40)41)44-32(3,4)5)17(2)36-25-14-23(37-38(25)27)30(39)35-15-18-9-10-19(33)12-24(18)42-6/h9-10,12-14,29H,7-8,11,15H2,1-6H3,(H,35,39)(H,40,41)/t29-/m0/s1. The lowest BCUT2D eigenvalue weighted by Gasteiger charge is -2.28. The molecule has 0 unspecified atom stereocenters. The van der Waals surface area contributed by atoms with Crippen LogP contribution in [0.3, 0.4) is 0 Å². The van der Waals surface area contributed by atoms with Crippen molar-refractivity contribution in [1.29, 1.82) is 0 Å². The maximum absolute atomic E-state index is 15.5. The van der Waals surface area contributed by atoms with Crippen LogP contribution in [0.2, 0.25) is 0 Å². The minimum atomic E-state index is -1.48. The van der Waals surface area contributed by atoms with Crippen molar-refractivity contribution >= 4 is 17.5 Å². The second kappa shape index (κ2) is 11.8. The van der Waals surface area contributed by atoms with E-state index in [1.165, 1.54) is 42.0 Å². The average Bonchev–Trinajstić information content (AvgIpc) is 3.39. The van der Waals surface area contributed by atoms with Crippen molar-refractivity contribution < 1.29 is 37.7 Å². The molecule has 12 heteroatoms. The van der Waals surface area contributed by atoms with Crippen LogP contribution in [0.15, 0.2) is 30.3 Å². The highest BCUT2D eigenvalue weighted by Gasteiger charge is 2.35. The number of aryl methyl sites for hydroxylation is 1. The van der Waals surface area contributed by atoms with Gasteiger partial charge in [0.25, 0.3) is 5.91 Å². The molecule has 0 radical (unpaired) electrons. The number of methoxy groups -OCH3 is 1. The predicted molar refractivity (Wildman–Crippen MR) is 157 cm³/mol. The molecule has 0 saturated carbocycles. The molecule has 0 fully saturated rings. The van der Waals surface area contributed by atoms with Gasteiger partial charge < -0.3 is 24.6 Å². The summed E-state index contributed by atoms with van der Waals surface area (Å²) >= 11 is 0. The van der Waals surface area contributed by atoms with Crippen molar-refractivity contribution in [3.05, 3.63) is 75.6 Å². The largest absolute Gasteiger partial charge is 0.496 e. The van der Waals surface area contributed by atoms with Crippen LogP contribution in [0.1, 0.15) is 71.7 Å². The van der Waals surface area contributed by atoms with Crippen molar-refractivity contribution in [2.24, 2.45) is 0 Å². The Morgan fingerprint density at radius 2 is 1.93 bits per heavy atom. The monoisotopic (exact) mass is 608 g/mol. The van der Waals surface area contributed by atoms with Gasteiger partial charge in [-0.2, -0.15) is 5.10 Å². The molecule has 0 saturated heterocycles. The summed E-state index contributed by atoms with van der Waals surface area (Å²) in [7, 11) is 1.40. The Labute approximate surface area is 253 Å². The quantitative estimate of drug-likeness (QED) is 0.269. The summed E-state index contributed by atoms with van der Waals surface area (Å²) in [4.78, 5) is 30.5. The number of ether oxygens (including phenoxy) is 3. The van der Waals surface area contributed by atoms with Crippen LogP contribution in [0.4, 0.5) is 8.78 Å². The molecule has 44 heavy (non-hydrogen) atoms. The Kier molecular flexibility index (Phi) is 8.30. The van der Waals surface area contributed by atoms with Crippen molar-refractivity contribution in [1.82, 2.24) is 19.9 Å². The lowest BCUT2D eigenvalue weighted by atomic mass is 9.91. The Morgan fingerprint density at radius 1 is 1.18 bits per heavy atom. The molecule has 2 aromatic carbocycles. The number of carboxylic acid groups (broad SMARTS) is 1. The van der Waals surface area contributed by atoms with Gasteiger partial charge in [0, 0.05) is 46.6 Å². The van der Waals surface area contributed by atoms with Crippen LogP contribution in [-0.2, 0) is 22.5 Å². The lowest BCUT2D eigenvalue weighted by Crippen LogP contribution is -2.29. The van der Waals surface area contributed by atoms with Gasteiger partial charge in [0.1, 0.15) is 11.6 Å². The number of halogens is 2. The number of aliphatic carboxylic acids is 1. The molecule has 1 amide bonds. The van der Waals surface area contributed by atoms with Crippen molar-refractivity contribution in [2.75, 3.05) is 13.7 Å². The zero-order chi connectivity index (χ0) is 31.9. The van der Waals surface area contributed by atoms with Gasteiger partial charge in [-0.05, 0) is 65.2 Å². The Morgan fingerprint density at radius 3 is 2.61 bits per heavy atom. The summed E-state index contributed by atoms with van der Waals surface area (Å²) in [6.45, 7) is 9.08. The zero-order valence-corrected chi connectivity index (χ0v) is 25.4. The first-order chi connectivity index (χ1) is 20.8. The van der Waals surface area contributed by atoms with E-state index in [4.69, 9.17) is 14.2 Å². The molecule has 232 valence electrons. The normalized spacial score (nSPS) is 13.7. The van der Waals surface area contributed by atoms with E-state index in [1.807, 2.05) is 6.92 Å². The van der Waals surface area contributed by atoms with Crippen LogP contribution >= 0.6 is 0 Å². The first-order valence-electron chi connectivity index (χ1n) is 14.2. The number of nitrogens with one attached hydrogen (secondary N) is 1. The van der Waals surface area contributed by atoms with Crippen LogP contribution < -0.4 is 14.8 Å². The van der Waals surface area contributed by atoms with Crippen LogP contribution in [0, 0.1) is 25.5 Å². The van der Waals surface area contributed by atoms with Crippen molar-refractivity contribution in [2.45, 2.75) is 65.7 Å². The number of fused-ring (bicyclic) bond motifs is 2. The van der Waals surface area contributed by atoms with Gasteiger partial charge in [0.2, 0.25) is 0 Å². The maximum atomic E-state index is 15.5. The summed E-state index contributed by atoms with van der Waals surface area (Å²) in [5, 5.41) is 17.6. The SMILES string of the molecule is COc1cc(F)ccc1CNC(=O)c1cc2nc(C)c([C@H](OC(C)(C)C)C(=O)O)c(-c3cc(F)c4c(c3C)CCCO4)n2n1. The van der Waals surface area contributed by atoms with E-state index in [0.29, 0.717) is 47.4 Å². The first-order valence-corrected chi connectivity index (χ1v) is 14.2. The molecule has 0 spiro atoms. The molecule has 3 heterocycles. The highest BCUT2D eigenvalue weighted by atomic mass is 19.1. The molecule has 2 aromatic heterocycles. The summed E-state index contributed by atoms with van der Waals surface area (Å²) < 4.78 is 47.4. The molecule has 2 N–H and O–H groups in total. The van der Waals surface area contributed by atoms with Gasteiger partial charge in [-0.25, -0.2) is 23.1 Å². The van der Waals surface area contributed by atoms with E-state index in [2.05, 4.69) is 15.4 Å². The van der Waals surface area contributed by atoms with Crippen LogP contribution in [-0.4, -0.2) is 50.9 Å². The number of aromatic nitrogens is 3. The average molecular weight is 609 g/mol. The van der Waals surface area contributed by atoms with E-state index in [9.17, 15) is 19.1 Å². The molecule has 0 bridgehead atoms. The third-order valence-electron chi connectivity index (χ3n) is 7.40. The highest BCUT2D eigenvalue weighted by molar-refractivity contribution is 5.93. The van der Waals surface area contributed by atoms with Gasteiger partial charge in [-0.15, -0.1) is 0 Å². The van der Waals surface area contributed by atoms with Gasteiger partial charge in [-0.3, -0.25) is 4.79 Å². The number of rotatable bonds is 8. The molecule has 1 aliphatic heterocycles. The number of nitrogens with zero attached hydrogens (tertiary/aromatic N) is 3. The third kappa shape index (κ3) is 5.94. The first kappa shape index (κ1) is 30.9. The summed E-state index contributed by atoms with van der Waals surface area (Å²) in [6, 6.07) is 6.75. The Bertz CT molecular complexity index is 1780. The number of carbonyl (C=O) groups excluding carboxylic acids is 1. The third-order valence-corrected chi connectivity index (χ3v) is 7.40. The van der Waals surface area contributed by atoms with E-state index >= 15 is 4.39 Å². The number of benzene rings is 2. The number of carbonyl (C=O) groups is 2. The Balaban J connectivity index is 1.68. The Hall–Kier alpha value is -4.58. The fourth-order valence-electron chi connectivity index (χ4n) is 5.44. The molecular formula is C32H34F2N4O6. The second-order valence-corrected chi connectivity index (χ2v) is 11.6. The summed E-state index contributed by atoms with van der Waals surface area (Å²) in [5.74, 6) is -2.43. The predicted octanol–water partition coefficient (Wildman–Crippen LogP) is 5.50. The smallest absolute Gasteiger partial charge is 0.337 e. The fraction of sp³-hybridized carbons (Fsp3) is 0.375. The summed E-state index contributed by atoms with van der Waals surface area (Å²) in [6.07, 6.45) is -0.205. The van der Waals surface area contributed by atoms with E-state index < -0.39 is 35.2 Å². The van der Waals surface area contributed by atoms with Crippen LogP contribution in [0.5, 0.6) is 11.5 Å². The van der Waals surface area contributed by atoms with E-state index in [0.717, 1.165) is 0 Å². The van der Waals surface area contributed by atoms with Gasteiger partial charge >= 0.3 is 5.97 Å². The van der Waals surface area contributed by atoms with Gasteiger partial charge in [0.05, 0.1) is 25.0 Å². The number of carboxylic acids is 1. The van der Waals surface area contributed by atoms with Gasteiger partial charge in [-0.1, -0.05) is 6.07 Å². The molecule has 5 rings (SSSR count). The zero-order valence-electron chi connectivity index (χ0n) is 25.4. The van der Waals surface area contributed by atoms with Crippen molar-refractivity contribution in [3.8, 4) is 22.8 Å². The summed E-state index contributed by atoms with van der Waals surface area (Å²) in [5.41, 5.74) is 2.43. The van der Waals surface area contributed by atoms with Gasteiger partial charge in [0.15, 0.2) is 29.0 Å². The minimum Gasteiger partial charge on any atom is -0.496 e. The topological polar surface area (TPSA) is 124 Å². The molecular weight excluding hydrogens is 574 g/mol. The fourth-order valence-corrected chi connectivity index (χ4v) is 5.44. The molecule has 1 aliphatic rings. The highest BCUT2D eigenvalue weighted by Crippen LogP contribution is 2.41. The molecule has 10 nitrogen and oxygen atoms in total. The van der Waals surface area contributed by atoms with E-state index in [-0.39, 0.29) is 40.6 Å². The molecule has 0 aliphatic carbocycles. The minimum absolute atomic E-state index is 0.0144. The number of hydrogen-bond donors (Lipinski definition) is 2. The second-order valence-electron chi connectivity index (χ2n) is 11.6. The maximum Gasteiger partial charge on any atom is 0.337 e.